The number of unbranched alkanes of at least 4 members (excludes halogenated alkanes) is 2. The second-order valence-corrected chi connectivity index (χ2v) is 11.5. The zero-order valence-electron chi connectivity index (χ0n) is 23.7. The molecule has 0 bridgehead atoms. The molecule has 0 aromatic heterocycles. The van der Waals surface area contributed by atoms with E-state index in [0.29, 0.717) is 24.7 Å². The monoisotopic (exact) mass is 626 g/mol. The maximum Gasteiger partial charge on any atom is 0.527 e. The fraction of sp³-hybridized carbons (Fsp3) is 0.613. The normalized spacial score (nSPS) is 23.8. The third-order valence-corrected chi connectivity index (χ3v) is 8.37. The molecular weight excluding hydrogens is 591 g/mol. The Morgan fingerprint density at radius 3 is 1.98 bits per heavy atom. The number of halogens is 9. The Kier molecular flexibility index (Phi) is 10.6. The van der Waals surface area contributed by atoms with E-state index in [-0.39, 0.29) is 18.9 Å². The SMILES string of the molecule is CCCCCC1CCC(c2ccc(C(F)(F)Oc3cc(F)c(C4CCC(C(F)(F)OC(F)(F)F)CC4)c(F)c3)cc2)OC1. The van der Waals surface area contributed by atoms with Gasteiger partial charge in [0.1, 0.15) is 17.4 Å². The predicted octanol–water partition coefficient (Wildman–Crippen LogP) is 10.5. The van der Waals surface area contributed by atoms with E-state index in [1.165, 1.54) is 30.7 Å². The van der Waals surface area contributed by atoms with Gasteiger partial charge in [0.05, 0.1) is 24.2 Å². The summed E-state index contributed by atoms with van der Waals surface area (Å²) in [5.41, 5.74) is -0.307. The van der Waals surface area contributed by atoms with Gasteiger partial charge < -0.3 is 9.47 Å². The van der Waals surface area contributed by atoms with Crippen LogP contribution in [-0.2, 0) is 15.6 Å². The minimum Gasteiger partial charge on any atom is -0.429 e. The Hall–Kier alpha value is -2.47. The Morgan fingerprint density at radius 1 is 0.814 bits per heavy atom. The van der Waals surface area contributed by atoms with Crippen LogP contribution < -0.4 is 4.74 Å². The van der Waals surface area contributed by atoms with Crippen molar-refractivity contribution in [1.29, 1.82) is 0 Å². The van der Waals surface area contributed by atoms with Crippen LogP contribution in [-0.4, -0.2) is 19.1 Å². The van der Waals surface area contributed by atoms with Crippen molar-refractivity contribution < 1.29 is 53.7 Å². The van der Waals surface area contributed by atoms with E-state index in [2.05, 4.69) is 16.4 Å². The molecule has 1 aliphatic heterocycles. The molecule has 1 aliphatic carbocycles. The smallest absolute Gasteiger partial charge is 0.429 e. The topological polar surface area (TPSA) is 27.7 Å². The minimum absolute atomic E-state index is 0.208. The molecule has 2 atom stereocenters. The van der Waals surface area contributed by atoms with E-state index in [9.17, 15) is 39.5 Å². The van der Waals surface area contributed by atoms with E-state index >= 15 is 0 Å². The molecule has 2 aromatic carbocycles. The molecule has 0 spiro atoms. The van der Waals surface area contributed by atoms with E-state index in [0.717, 1.165) is 37.7 Å². The molecule has 2 fully saturated rings. The second kappa shape index (κ2) is 13.7. The summed E-state index contributed by atoms with van der Waals surface area (Å²) in [5.74, 6) is -5.45. The standard InChI is InChI=1S/C31H35F9O3/c1-2-3-4-5-19-6-15-27(41-18-19)20-7-11-22(12-8-20)29(34,35)42-24-16-25(32)28(26(33)17-24)21-9-13-23(14-10-21)30(36,37)43-31(38,39)40/h7-8,11-12,16-17,19,21,23,27H,2-6,9-10,13-15,18H2,1H3. The highest BCUT2D eigenvalue weighted by atomic mass is 19.4. The van der Waals surface area contributed by atoms with Crippen LogP contribution in [0.2, 0.25) is 0 Å². The van der Waals surface area contributed by atoms with Gasteiger partial charge in [-0.2, -0.15) is 17.6 Å². The molecule has 1 saturated carbocycles. The third kappa shape index (κ3) is 8.80. The quantitative estimate of drug-likeness (QED) is 0.184. The lowest BCUT2D eigenvalue weighted by Gasteiger charge is -2.33. The first-order valence-corrected chi connectivity index (χ1v) is 14.6. The molecule has 0 radical (unpaired) electrons. The lowest BCUT2D eigenvalue weighted by molar-refractivity contribution is -0.438. The van der Waals surface area contributed by atoms with Crippen LogP contribution in [0.3, 0.4) is 0 Å². The summed E-state index contributed by atoms with van der Waals surface area (Å²) < 4.78 is 138. The Morgan fingerprint density at radius 2 is 1.44 bits per heavy atom. The number of benzene rings is 2. The molecule has 43 heavy (non-hydrogen) atoms. The van der Waals surface area contributed by atoms with Crippen LogP contribution in [0.1, 0.15) is 99.8 Å². The van der Waals surface area contributed by atoms with Gasteiger partial charge in [-0.3, -0.25) is 0 Å². The predicted molar refractivity (Wildman–Crippen MR) is 140 cm³/mol. The van der Waals surface area contributed by atoms with Gasteiger partial charge in [0.2, 0.25) is 0 Å². The highest BCUT2D eigenvalue weighted by molar-refractivity contribution is 5.34. The lowest BCUT2D eigenvalue weighted by Crippen LogP contribution is -2.38. The van der Waals surface area contributed by atoms with Crippen LogP contribution in [0.15, 0.2) is 36.4 Å². The Balaban J connectivity index is 1.35. The fourth-order valence-electron chi connectivity index (χ4n) is 6.04. The summed E-state index contributed by atoms with van der Waals surface area (Å²) >= 11 is 0. The molecule has 2 unspecified atom stereocenters. The second-order valence-electron chi connectivity index (χ2n) is 11.5. The van der Waals surface area contributed by atoms with Gasteiger partial charge in [0.25, 0.3) is 0 Å². The highest BCUT2D eigenvalue weighted by Gasteiger charge is 2.51. The average molecular weight is 627 g/mol. The largest absolute Gasteiger partial charge is 0.527 e. The van der Waals surface area contributed by atoms with E-state index in [1.807, 2.05) is 0 Å². The van der Waals surface area contributed by atoms with E-state index < -0.39 is 71.8 Å². The number of rotatable bonds is 11. The van der Waals surface area contributed by atoms with Crippen LogP contribution in [0, 0.1) is 23.5 Å². The molecule has 12 heteroatoms. The van der Waals surface area contributed by atoms with Crippen molar-refractivity contribution in [3.05, 3.63) is 64.7 Å². The number of hydrogen-bond donors (Lipinski definition) is 0. The van der Waals surface area contributed by atoms with Crippen molar-refractivity contribution >= 4 is 0 Å². The zero-order valence-corrected chi connectivity index (χ0v) is 23.7. The van der Waals surface area contributed by atoms with Gasteiger partial charge >= 0.3 is 18.6 Å². The Labute approximate surface area is 244 Å². The van der Waals surface area contributed by atoms with Crippen LogP contribution in [0.25, 0.3) is 0 Å². The van der Waals surface area contributed by atoms with Gasteiger partial charge in [-0.15, -0.1) is 13.2 Å². The van der Waals surface area contributed by atoms with Gasteiger partial charge in [-0.1, -0.05) is 38.3 Å². The summed E-state index contributed by atoms with van der Waals surface area (Å²) in [4.78, 5) is 0. The van der Waals surface area contributed by atoms with Crippen LogP contribution >= 0.6 is 0 Å². The molecule has 2 aromatic rings. The van der Waals surface area contributed by atoms with Crippen molar-refractivity contribution in [3.8, 4) is 5.75 Å². The van der Waals surface area contributed by atoms with Gasteiger partial charge in [-0.05, 0) is 74.5 Å². The summed E-state index contributed by atoms with van der Waals surface area (Å²) in [7, 11) is 0. The van der Waals surface area contributed by atoms with Crippen molar-refractivity contribution in [1.82, 2.24) is 0 Å². The van der Waals surface area contributed by atoms with Gasteiger partial charge in [-0.25, -0.2) is 13.5 Å². The van der Waals surface area contributed by atoms with Gasteiger partial charge in [0.15, 0.2) is 0 Å². The van der Waals surface area contributed by atoms with Crippen LogP contribution in [0.5, 0.6) is 5.75 Å². The molecule has 240 valence electrons. The first-order valence-electron chi connectivity index (χ1n) is 14.6. The first-order chi connectivity index (χ1) is 20.2. The zero-order chi connectivity index (χ0) is 31.4. The third-order valence-electron chi connectivity index (χ3n) is 8.37. The maximum absolute atomic E-state index is 14.9. The van der Waals surface area contributed by atoms with Gasteiger partial charge in [0, 0.05) is 17.7 Å². The molecular formula is C31H35F9O3. The minimum atomic E-state index is -5.54. The molecule has 2 aliphatic rings. The van der Waals surface area contributed by atoms with E-state index in [1.54, 1.807) is 0 Å². The summed E-state index contributed by atoms with van der Waals surface area (Å²) in [6.07, 6.45) is -9.27. The van der Waals surface area contributed by atoms with Crippen molar-refractivity contribution in [2.45, 2.75) is 102 Å². The summed E-state index contributed by atoms with van der Waals surface area (Å²) in [5, 5.41) is 0. The van der Waals surface area contributed by atoms with Crippen molar-refractivity contribution in [2.75, 3.05) is 6.61 Å². The van der Waals surface area contributed by atoms with E-state index in [4.69, 9.17) is 4.74 Å². The average Bonchev–Trinajstić information content (AvgIpc) is 2.92. The fourth-order valence-corrected chi connectivity index (χ4v) is 6.04. The number of alkyl halides is 7. The highest BCUT2D eigenvalue weighted by Crippen LogP contribution is 2.46. The lowest BCUT2D eigenvalue weighted by atomic mass is 9.78. The molecule has 1 saturated heterocycles. The summed E-state index contributed by atoms with van der Waals surface area (Å²) in [6, 6.07) is 6.53. The maximum atomic E-state index is 14.9. The molecule has 0 N–H and O–H groups in total. The molecule has 4 rings (SSSR count). The number of ether oxygens (including phenoxy) is 3. The van der Waals surface area contributed by atoms with Crippen molar-refractivity contribution in [3.63, 3.8) is 0 Å². The summed E-state index contributed by atoms with van der Waals surface area (Å²) in [6.45, 7) is 2.76. The van der Waals surface area contributed by atoms with Crippen molar-refractivity contribution in [2.24, 2.45) is 11.8 Å². The first kappa shape index (κ1) is 33.4. The molecule has 1 heterocycles. The van der Waals surface area contributed by atoms with Crippen LogP contribution in [0.4, 0.5) is 39.5 Å². The molecule has 0 amide bonds. The number of hydrogen-bond acceptors (Lipinski definition) is 3. The Bertz CT molecular complexity index is 1160. The molecule has 3 nitrogen and oxygen atoms in total.